The van der Waals surface area contributed by atoms with Gasteiger partial charge in [-0.1, -0.05) is 30.3 Å². The highest BCUT2D eigenvalue weighted by molar-refractivity contribution is 5.15. The number of rotatable bonds is 6. The Morgan fingerprint density at radius 3 is 2.96 bits per heavy atom. The summed E-state index contributed by atoms with van der Waals surface area (Å²) in [4.78, 5) is 2.25. The van der Waals surface area contributed by atoms with Gasteiger partial charge in [0.1, 0.15) is 12.4 Å². The first-order chi connectivity index (χ1) is 11.3. The molecule has 0 aliphatic carbocycles. The Morgan fingerprint density at radius 1 is 1.35 bits per heavy atom. The quantitative estimate of drug-likeness (QED) is 0.870. The van der Waals surface area contributed by atoms with Gasteiger partial charge in [0.05, 0.1) is 12.7 Å². The lowest BCUT2D eigenvalue weighted by Crippen LogP contribution is -2.43. The molecule has 2 unspecified atom stereocenters. The van der Waals surface area contributed by atoms with Crippen LogP contribution in [0.4, 0.5) is 0 Å². The Morgan fingerprint density at radius 2 is 2.17 bits per heavy atom. The van der Waals surface area contributed by atoms with Gasteiger partial charge in [0.25, 0.3) is 0 Å². The topological polar surface area (TPSA) is 63.4 Å². The average molecular weight is 316 g/mol. The molecule has 1 saturated heterocycles. The van der Waals surface area contributed by atoms with E-state index in [0.29, 0.717) is 19.6 Å². The number of aromatic nitrogens is 3. The molecule has 1 aromatic carbocycles. The molecular weight excluding hydrogens is 292 g/mol. The second kappa shape index (κ2) is 7.68. The van der Waals surface area contributed by atoms with Crippen molar-refractivity contribution in [2.75, 3.05) is 26.2 Å². The lowest BCUT2D eigenvalue weighted by molar-refractivity contribution is -0.0472. The molecule has 0 amide bonds. The summed E-state index contributed by atoms with van der Waals surface area (Å²) in [5.74, 6) is 0.870. The molecule has 6 heteroatoms. The van der Waals surface area contributed by atoms with E-state index in [1.54, 1.807) is 6.33 Å². The second-order valence-electron chi connectivity index (χ2n) is 5.94. The van der Waals surface area contributed by atoms with Crippen molar-refractivity contribution < 1.29 is 9.84 Å². The molecule has 1 aromatic heterocycles. The van der Waals surface area contributed by atoms with Crippen LogP contribution in [0.25, 0.3) is 0 Å². The van der Waals surface area contributed by atoms with Crippen molar-refractivity contribution in [1.82, 2.24) is 19.7 Å². The van der Waals surface area contributed by atoms with Crippen molar-refractivity contribution in [3.05, 3.63) is 48.0 Å². The molecule has 0 bridgehead atoms. The standard InChI is InChI=1S/C17H24N4O2/c1-2-21-13-18-19-17(21)16-12-20(8-9-23-16)11-15(22)10-14-6-4-3-5-7-14/h3-7,13,15-16,22H,2,8-12H2,1H3. The van der Waals surface area contributed by atoms with Crippen molar-refractivity contribution in [1.29, 1.82) is 0 Å². The largest absolute Gasteiger partial charge is 0.391 e. The summed E-state index contributed by atoms with van der Waals surface area (Å²) >= 11 is 0. The molecule has 1 fully saturated rings. The van der Waals surface area contributed by atoms with E-state index in [4.69, 9.17) is 4.74 Å². The van der Waals surface area contributed by atoms with Crippen molar-refractivity contribution in [2.45, 2.75) is 32.1 Å². The maximum absolute atomic E-state index is 10.4. The normalized spacial score (nSPS) is 20.5. The van der Waals surface area contributed by atoms with Gasteiger partial charge in [-0.3, -0.25) is 4.90 Å². The number of aryl methyl sites for hydroxylation is 1. The van der Waals surface area contributed by atoms with E-state index >= 15 is 0 Å². The molecule has 1 aliphatic heterocycles. The number of benzene rings is 1. The molecule has 1 aliphatic rings. The number of ether oxygens (including phenoxy) is 1. The summed E-state index contributed by atoms with van der Waals surface area (Å²) in [6.07, 6.45) is 1.96. The van der Waals surface area contributed by atoms with Gasteiger partial charge >= 0.3 is 0 Å². The van der Waals surface area contributed by atoms with Crippen molar-refractivity contribution >= 4 is 0 Å². The zero-order valence-electron chi connectivity index (χ0n) is 13.5. The summed E-state index contributed by atoms with van der Waals surface area (Å²) in [6, 6.07) is 10.1. The molecule has 6 nitrogen and oxygen atoms in total. The highest BCUT2D eigenvalue weighted by Gasteiger charge is 2.26. The van der Waals surface area contributed by atoms with E-state index in [-0.39, 0.29) is 12.2 Å². The minimum absolute atomic E-state index is 0.0740. The van der Waals surface area contributed by atoms with E-state index in [1.165, 1.54) is 0 Å². The van der Waals surface area contributed by atoms with Gasteiger partial charge in [-0.25, -0.2) is 0 Å². The lowest BCUT2D eigenvalue weighted by Gasteiger charge is -2.33. The molecule has 23 heavy (non-hydrogen) atoms. The van der Waals surface area contributed by atoms with Crippen LogP contribution in [0.2, 0.25) is 0 Å². The number of aliphatic hydroxyl groups excluding tert-OH is 1. The first-order valence-corrected chi connectivity index (χ1v) is 8.20. The van der Waals surface area contributed by atoms with Crippen LogP contribution in [0.5, 0.6) is 0 Å². The van der Waals surface area contributed by atoms with Crippen LogP contribution < -0.4 is 0 Å². The Labute approximate surface area is 136 Å². The third-order valence-electron chi connectivity index (χ3n) is 4.21. The molecule has 0 saturated carbocycles. The number of hydrogen-bond acceptors (Lipinski definition) is 5. The van der Waals surface area contributed by atoms with Gasteiger partial charge in [0, 0.05) is 26.2 Å². The molecule has 2 heterocycles. The van der Waals surface area contributed by atoms with Gasteiger partial charge in [0.15, 0.2) is 5.82 Å². The molecule has 2 aromatic rings. The van der Waals surface area contributed by atoms with Gasteiger partial charge < -0.3 is 14.4 Å². The highest BCUT2D eigenvalue weighted by Crippen LogP contribution is 2.20. The van der Waals surface area contributed by atoms with Gasteiger partial charge in [0.2, 0.25) is 0 Å². The monoisotopic (exact) mass is 316 g/mol. The van der Waals surface area contributed by atoms with Crippen LogP contribution >= 0.6 is 0 Å². The first kappa shape index (κ1) is 16.1. The van der Waals surface area contributed by atoms with Crippen LogP contribution in [0.15, 0.2) is 36.7 Å². The molecule has 0 spiro atoms. The van der Waals surface area contributed by atoms with Crippen LogP contribution in [-0.4, -0.2) is 57.1 Å². The number of β-amino-alcohol motifs (C(OH)–C–C–N with tert-alkyl or cyclic N) is 1. The molecule has 1 N–H and O–H groups in total. The summed E-state index contributed by atoms with van der Waals surface area (Å²) in [5.41, 5.74) is 1.16. The Kier molecular flexibility index (Phi) is 5.38. The fourth-order valence-electron chi connectivity index (χ4n) is 3.03. The number of nitrogens with zero attached hydrogens (tertiary/aromatic N) is 4. The fraction of sp³-hybridized carbons (Fsp3) is 0.529. The van der Waals surface area contributed by atoms with Crippen LogP contribution in [0.3, 0.4) is 0 Å². The molecule has 3 rings (SSSR count). The zero-order chi connectivity index (χ0) is 16.1. The van der Waals surface area contributed by atoms with E-state index in [0.717, 1.165) is 31.0 Å². The average Bonchev–Trinajstić information content (AvgIpc) is 3.04. The number of morpholine rings is 1. The Bertz CT molecular complexity index is 602. The minimum Gasteiger partial charge on any atom is -0.391 e. The molecular formula is C17H24N4O2. The van der Waals surface area contributed by atoms with E-state index in [9.17, 15) is 5.11 Å². The lowest BCUT2D eigenvalue weighted by atomic mass is 10.1. The van der Waals surface area contributed by atoms with Crippen molar-refractivity contribution in [3.8, 4) is 0 Å². The van der Waals surface area contributed by atoms with E-state index in [1.807, 2.05) is 22.8 Å². The molecule has 0 radical (unpaired) electrons. The third kappa shape index (κ3) is 4.16. The van der Waals surface area contributed by atoms with E-state index < -0.39 is 0 Å². The molecule has 124 valence electrons. The summed E-state index contributed by atoms with van der Waals surface area (Å²) in [5, 5.41) is 18.5. The Hall–Kier alpha value is -1.76. The van der Waals surface area contributed by atoms with Gasteiger partial charge in [-0.2, -0.15) is 0 Å². The number of hydrogen-bond donors (Lipinski definition) is 1. The van der Waals surface area contributed by atoms with E-state index in [2.05, 4.69) is 34.2 Å². The molecule has 2 atom stereocenters. The summed E-state index contributed by atoms with van der Waals surface area (Å²) in [7, 11) is 0. The SMILES string of the molecule is CCn1cnnc1C1CN(CC(O)Cc2ccccc2)CCO1. The predicted molar refractivity (Wildman–Crippen MR) is 87.0 cm³/mol. The second-order valence-corrected chi connectivity index (χ2v) is 5.94. The van der Waals surface area contributed by atoms with Crippen LogP contribution in [0.1, 0.15) is 24.4 Å². The minimum atomic E-state index is -0.375. The zero-order valence-corrected chi connectivity index (χ0v) is 13.5. The predicted octanol–water partition coefficient (Wildman–Crippen LogP) is 1.27. The highest BCUT2D eigenvalue weighted by atomic mass is 16.5. The summed E-state index contributed by atoms with van der Waals surface area (Å²) < 4.78 is 7.86. The smallest absolute Gasteiger partial charge is 0.163 e. The van der Waals surface area contributed by atoms with Crippen LogP contribution in [-0.2, 0) is 17.7 Å². The third-order valence-corrected chi connectivity index (χ3v) is 4.21. The summed E-state index contributed by atoms with van der Waals surface area (Å²) in [6.45, 7) is 5.78. The Balaban J connectivity index is 1.56. The number of aliphatic hydroxyl groups is 1. The maximum Gasteiger partial charge on any atom is 0.163 e. The first-order valence-electron chi connectivity index (χ1n) is 8.20. The maximum atomic E-state index is 10.4. The van der Waals surface area contributed by atoms with Gasteiger partial charge in [-0.05, 0) is 18.9 Å². The van der Waals surface area contributed by atoms with Gasteiger partial charge in [-0.15, -0.1) is 10.2 Å². The van der Waals surface area contributed by atoms with Crippen molar-refractivity contribution in [2.24, 2.45) is 0 Å². The van der Waals surface area contributed by atoms with Crippen molar-refractivity contribution in [3.63, 3.8) is 0 Å². The fourth-order valence-corrected chi connectivity index (χ4v) is 3.03. The van der Waals surface area contributed by atoms with Crippen LogP contribution in [0, 0.1) is 0 Å².